The number of amidine groups is 1. The Morgan fingerprint density at radius 3 is 2.58 bits per heavy atom. The lowest BCUT2D eigenvalue weighted by molar-refractivity contribution is 0.381. The van der Waals surface area contributed by atoms with E-state index in [-0.39, 0.29) is 5.41 Å². The van der Waals surface area contributed by atoms with E-state index >= 15 is 0 Å². The number of anilines is 1. The van der Waals surface area contributed by atoms with E-state index in [0.717, 1.165) is 39.2 Å². The molecule has 0 radical (unpaired) electrons. The maximum absolute atomic E-state index is 5.84. The zero-order valence-corrected chi connectivity index (χ0v) is 23.5. The van der Waals surface area contributed by atoms with E-state index in [9.17, 15) is 0 Å². The van der Waals surface area contributed by atoms with Gasteiger partial charge >= 0.3 is 0 Å². The van der Waals surface area contributed by atoms with Crippen molar-refractivity contribution in [2.75, 3.05) is 17.6 Å². The quantitative estimate of drug-likeness (QED) is 0.302. The number of allylic oxidation sites excluding steroid dienone is 1. The minimum atomic E-state index is 0.00379. The van der Waals surface area contributed by atoms with Gasteiger partial charge in [0.1, 0.15) is 0 Å². The van der Waals surface area contributed by atoms with E-state index in [0.29, 0.717) is 17.4 Å². The standard InChI is InChI=1S/C25H38BrN3S2/c1-17(2)21-15-31-23(27-16-25(7,8)14-18(3)13-24(4,5)6)29(21)22(30)28-20-11-9-10-19(26)12-20/h9-12,14,17,21H,13,15-16H2,1-8H3,(H,28,30). The van der Waals surface area contributed by atoms with Crippen LogP contribution in [0.25, 0.3) is 0 Å². The largest absolute Gasteiger partial charge is 0.332 e. The van der Waals surface area contributed by atoms with Crippen LogP contribution in [0.5, 0.6) is 0 Å². The number of hydrogen-bond acceptors (Lipinski definition) is 3. The van der Waals surface area contributed by atoms with Gasteiger partial charge in [0.2, 0.25) is 0 Å². The third-order valence-electron chi connectivity index (χ3n) is 5.05. The summed E-state index contributed by atoms with van der Waals surface area (Å²) in [5.41, 5.74) is 2.72. The van der Waals surface area contributed by atoms with Gasteiger partial charge in [-0.3, -0.25) is 9.89 Å². The van der Waals surface area contributed by atoms with Crippen molar-refractivity contribution in [2.45, 2.75) is 67.9 Å². The van der Waals surface area contributed by atoms with Gasteiger partial charge in [0.25, 0.3) is 0 Å². The number of nitrogens with one attached hydrogen (secondary N) is 1. The predicted molar refractivity (Wildman–Crippen MR) is 147 cm³/mol. The summed E-state index contributed by atoms with van der Waals surface area (Å²) in [7, 11) is 0. The van der Waals surface area contributed by atoms with Crippen LogP contribution in [-0.2, 0) is 0 Å². The minimum Gasteiger partial charge on any atom is -0.332 e. The van der Waals surface area contributed by atoms with Crippen LogP contribution in [0.1, 0.15) is 61.8 Å². The third-order valence-corrected chi connectivity index (χ3v) is 6.94. The maximum Gasteiger partial charge on any atom is 0.179 e. The van der Waals surface area contributed by atoms with Gasteiger partial charge in [-0.1, -0.05) is 93.9 Å². The van der Waals surface area contributed by atoms with Gasteiger partial charge in [0.15, 0.2) is 10.3 Å². The van der Waals surface area contributed by atoms with Crippen molar-refractivity contribution < 1.29 is 0 Å². The molecule has 2 rings (SSSR count). The number of thioether (sulfide) groups is 1. The molecule has 172 valence electrons. The van der Waals surface area contributed by atoms with Crippen LogP contribution in [-0.4, -0.2) is 33.5 Å². The second-order valence-corrected chi connectivity index (χ2v) is 13.0. The highest BCUT2D eigenvalue weighted by atomic mass is 79.9. The number of rotatable bonds is 6. The zero-order valence-electron chi connectivity index (χ0n) is 20.3. The fourth-order valence-electron chi connectivity index (χ4n) is 3.92. The molecule has 31 heavy (non-hydrogen) atoms. The van der Waals surface area contributed by atoms with E-state index < -0.39 is 0 Å². The highest BCUT2D eigenvalue weighted by Gasteiger charge is 2.35. The van der Waals surface area contributed by atoms with E-state index in [1.807, 2.05) is 36.0 Å². The van der Waals surface area contributed by atoms with Crippen LogP contribution in [0.4, 0.5) is 5.69 Å². The maximum atomic E-state index is 5.84. The predicted octanol–water partition coefficient (Wildman–Crippen LogP) is 7.98. The Hall–Kier alpha value is -0.850. The van der Waals surface area contributed by atoms with Gasteiger partial charge in [-0.2, -0.15) is 0 Å². The van der Waals surface area contributed by atoms with E-state index in [4.69, 9.17) is 17.2 Å². The Morgan fingerprint density at radius 2 is 2.00 bits per heavy atom. The van der Waals surface area contributed by atoms with Crippen molar-refractivity contribution in [1.29, 1.82) is 0 Å². The van der Waals surface area contributed by atoms with Gasteiger partial charge in [0, 0.05) is 21.3 Å². The van der Waals surface area contributed by atoms with Crippen molar-refractivity contribution in [3.63, 3.8) is 0 Å². The molecular weight excluding hydrogens is 486 g/mol. The summed E-state index contributed by atoms with van der Waals surface area (Å²) in [6.45, 7) is 18.9. The first-order valence-corrected chi connectivity index (χ1v) is 13.2. The van der Waals surface area contributed by atoms with Crippen molar-refractivity contribution in [3.8, 4) is 0 Å². The molecule has 6 heteroatoms. The van der Waals surface area contributed by atoms with Crippen LogP contribution in [0.2, 0.25) is 0 Å². The first-order chi connectivity index (χ1) is 14.3. The molecule has 1 aliphatic heterocycles. The monoisotopic (exact) mass is 523 g/mol. The first-order valence-electron chi connectivity index (χ1n) is 11.0. The normalized spacial score (nSPS) is 19.4. The second kappa shape index (κ2) is 10.8. The van der Waals surface area contributed by atoms with E-state index in [1.54, 1.807) is 0 Å². The number of thiocarbonyl (C=S) groups is 1. The molecule has 1 heterocycles. The average Bonchev–Trinajstić information content (AvgIpc) is 3.02. The molecular formula is C25H38BrN3S2. The van der Waals surface area contributed by atoms with Crippen LogP contribution >= 0.6 is 39.9 Å². The molecule has 1 aromatic rings. The van der Waals surface area contributed by atoms with Gasteiger partial charge in [-0.15, -0.1) is 0 Å². The molecule has 0 bridgehead atoms. The number of halogens is 1. The Morgan fingerprint density at radius 1 is 1.32 bits per heavy atom. The average molecular weight is 525 g/mol. The summed E-state index contributed by atoms with van der Waals surface area (Å²) >= 11 is 11.2. The molecule has 1 N–H and O–H groups in total. The van der Waals surface area contributed by atoms with Gasteiger partial charge in [0.05, 0.1) is 12.6 Å². The van der Waals surface area contributed by atoms with Crippen LogP contribution in [0.3, 0.4) is 0 Å². The Labute approximate surface area is 207 Å². The van der Waals surface area contributed by atoms with Crippen molar-refractivity contribution in [1.82, 2.24) is 4.90 Å². The molecule has 0 spiro atoms. The highest BCUT2D eigenvalue weighted by molar-refractivity contribution is 9.10. The summed E-state index contributed by atoms with van der Waals surface area (Å²) in [4.78, 5) is 7.29. The molecule has 1 atom stereocenters. The molecule has 0 aliphatic carbocycles. The molecule has 3 nitrogen and oxygen atoms in total. The minimum absolute atomic E-state index is 0.00379. The van der Waals surface area contributed by atoms with Gasteiger partial charge in [-0.05, 0) is 55.1 Å². The highest BCUT2D eigenvalue weighted by Crippen LogP contribution is 2.32. The fourth-order valence-corrected chi connectivity index (χ4v) is 6.09. The summed E-state index contributed by atoms with van der Waals surface area (Å²) < 4.78 is 1.03. The van der Waals surface area contributed by atoms with Crippen LogP contribution < -0.4 is 5.32 Å². The van der Waals surface area contributed by atoms with Gasteiger partial charge in [-0.25, -0.2) is 0 Å². The van der Waals surface area contributed by atoms with Crippen molar-refractivity contribution >= 4 is 55.9 Å². The smallest absolute Gasteiger partial charge is 0.179 e. The van der Waals surface area contributed by atoms with Crippen LogP contribution in [0, 0.1) is 16.7 Å². The lowest BCUT2D eigenvalue weighted by atomic mass is 9.84. The number of aliphatic imine (C=N–C) groups is 1. The molecule has 1 aromatic carbocycles. The van der Waals surface area contributed by atoms with Crippen molar-refractivity contribution in [3.05, 3.63) is 40.4 Å². The lowest BCUT2D eigenvalue weighted by Crippen LogP contribution is -2.44. The number of hydrogen-bond donors (Lipinski definition) is 1. The third kappa shape index (κ3) is 8.54. The Bertz CT molecular complexity index is 837. The topological polar surface area (TPSA) is 27.6 Å². The van der Waals surface area contributed by atoms with E-state index in [2.05, 4.69) is 87.6 Å². The molecule has 1 aliphatic rings. The van der Waals surface area contributed by atoms with Gasteiger partial charge < -0.3 is 5.32 Å². The number of nitrogens with zero attached hydrogens (tertiary/aromatic N) is 2. The Balaban J connectivity index is 2.19. The molecule has 0 aromatic heterocycles. The summed E-state index contributed by atoms with van der Waals surface area (Å²) in [6.07, 6.45) is 3.49. The molecule has 1 saturated heterocycles. The fraction of sp³-hybridized carbons (Fsp3) is 0.600. The molecule has 1 fully saturated rings. The molecule has 1 unspecified atom stereocenters. The second-order valence-electron chi connectivity index (χ2n) is 10.7. The summed E-state index contributed by atoms with van der Waals surface area (Å²) in [5.74, 6) is 1.50. The number of benzene rings is 1. The summed E-state index contributed by atoms with van der Waals surface area (Å²) in [6, 6.07) is 8.45. The van der Waals surface area contributed by atoms with E-state index in [1.165, 1.54) is 5.57 Å². The SMILES string of the molecule is CC(=CC(C)(C)CN=C1SCC(C(C)C)N1C(=S)Nc1cccc(Br)c1)CC(C)(C)C. The lowest BCUT2D eigenvalue weighted by Gasteiger charge is -2.30. The Kier molecular flexibility index (Phi) is 9.24. The molecule has 0 saturated carbocycles. The summed E-state index contributed by atoms with van der Waals surface area (Å²) in [5, 5.41) is 5.16. The van der Waals surface area contributed by atoms with Crippen LogP contribution in [0.15, 0.2) is 45.4 Å². The molecule has 0 amide bonds. The zero-order chi connectivity index (χ0) is 23.4. The first kappa shape index (κ1) is 26.4. The van der Waals surface area contributed by atoms with Crippen molar-refractivity contribution in [2.24, 2.45) is 21.7 Å².